The lowest BCUT2D eigenvalue weighted by Crippen LogP contribution is -2.19. The first-order valence-corrected chi connectivity index (χ1v) is 5.86. The third-order valence-electron chi connectivity index (χ3n) is 2.17. The SMILES string of the molecule is CCOC(=O)C(=O)c1c(C)cc(Br)cc1OC. The molecule has 1 rings (SSSR count). The lowest BCUT2D eigenvalue weighted by molar-refractivity contribution is -0.137. The van der Waals surface area contributed by atoms with Crippen LogP contribution in [0, 0.1) is 6.92 Å². The monoisotopic (exact) mass is 300 g/mol. The second kappa shape index (κ2) is 5.82. The van der Waals surface area contributed by atoms with Gasteiger partial charge in [-0.1, -0.05) is 15.9 Å². The molecule has 0 aliphatic heterocycles. The minimum Gasteiger partial charge on any atom is -0.496 e. The highest BCUT2D eigenvalue weighted by Gasteiger charge is 2.24. The van der Waals surface area contributed by atoms with Crippen LogP contribution < -0.4 is 4.74 Å². The number of Topliss-reactive ketones (excluding diaryl/α,β-unsaturated/α-hetero) is 1. The third-order valence-corrected chi connectivity index (χ3v) is 2.63. The highest BCUT2D eigenvalue weighted by molar-refractivity contribution is 9.10. The van der Waals surface area contributed by atoms with Crippen molar-refractivity contribution in [3.8, 4) is 5.75 Å². The molecule has 0 aromatic heterocycles. The number of hydrogen-bond acceptors (Lipinski definition) is 4. The summed E-state index contributed by atoms with van der Waals surface area (Å²) in [6.07, 6.45) is 0. The van der Waals surface area contributed by atoms with E-state index < -0.39 is 11.8 Å². The third kappa shape index (κ3) is 3.06. The molecule has 4 nitrogen and oxygen atoms in total. The van der Waals surface area contributed by atoms with Crippen LogP contribution in [0.1, 0.15) is 22.8 Å². The van der Waals surface area contributed by atoms with Crippen LogP contribution in [0.2, 0.25) is 0 Å². The maximum absolute atomic E-state index is 11.9. The molecule has 0 saturated carbocycles. The zero-order chi connectivity index (χ0) is 13.0. The fraction of sp³-hybridized carbons (Fsp3) is 0.333. The number of hydrogen-bond donors (Lipinski definition) is 0. The number of rotatable bonds is 4. The molecule has 0 aliphatic carbocycles. The van der Waals surface area contributed by atoms with Crippen LogP contribution >= 0.6 is 15.9 Å². The van der Waals surface area contributed by atoms with E-state index in [4.69, 9.17) is 4.74 Å². The number of halogens is 1. The topological polar surface area (TPSA) is 52.6 Å². The zero-order valence-electron chi connectivity index (χ0n) is 9.87. The number of carbonyl (C=O) groups excluding carboxylic acids is 2. The molecule has 0 fully saturated rings. The van der Waals surface area contributed by atoms with Gasteiger partial charge in [-0.25, -0.2) is 4.79 Å². The van der Waals surface area contributed by atoms with Gasteiger partial charge in [-0.05, 0) is 31.5 Å². The number of ether oxygens (including phenoxy) is 2. The summed E-state index contributed by atoms with van der Waals surface area (Å²) < 4.78 is 10.6. The van der Waals surface area contributed by atoms with Crippen molar-refractivity contribution in [1.82, 2.24) is 0 Å². The largest absolute Gasteiger partial charge is 0.496 e. The maximum atomic E-state index is 11.9. The second-order valence-corrected chi connectivity index (χ2v) is 4.27. The molecule has 0 unspecified atom stereocenters. The molecule has 0 atom stereocenters. The lowest BCUT2D eigenvalue weighted by Gasteiger charge is -2.10. The van der Waals surface area contributed by atoms with Gasteiger partial charge in [-0.15, -0.1) is 0 Å². The van der Waals surface area contributed by atoms with Crippen molar-refractivity contribution in [1.29, 1.82) is 0 Å². The van der Waals surface area contributed by atoms with E-state index in [9.17, 15) is 9.59 Å². The number of methoxy groups -OCH3 is 1. The van der Waals surface area contributed by atoms with Gasteiger partial charge in [0.1, 0.15) is 5.75 Å². The van der Waals surface area contributed by atoms with Crippen molar-refractivity contribution in [2.24, 2.45) is 0 Å². The Morgan fingerprint density at radius 1 is 1.35 bits per heavy atom. The van der Waals surface area contributed by atoms with E-state index in [2.05, 4.69) is 20.7 Å². The fourth-order valence-corrected chi connectivity index (χ4v) is 2.01. The molecule has 0 bridgehead atoms. The first-order chi connectivity index (χ1) is 8.01. The van der Waals surface area contributed by atoms with E-state index in [0.717, 1.165) is 4.47 Å². The van der Waals surface area contributed by atoms with Gasteiger partial charge < -0.3 is 9.47 Å². The number of carbonyl (C=O) groups is 2. The maximum Gasteiger partial charge on any atom is 0.379 e. The zero-order valence-corrected chi connectivity index (χ0v) is 11.5. The van der Waals surface area contributed by atoms with Gasteiger partial charge >= 0.3 is 5.97 Å². The van der Waals surface area contributed by atoms with Gasteiger partial charge in [0.05, 0.1) is 19.3 Å². The molecular formula is C12H13BrO4. The van der Waals surface area contributed by atoms with Crippen LogP contribution in [-0.4, -0.2) is 25.5 Å². The minimum absolute atomic E-state index is 0.169. The molecule has 1 aromatic rings. The number of benzene rings is 1. The summed E-state index contributed by atoms with van der Waals surface area (Å²) in [6, 6.07) is 3.38. The molecule has 0 N–H and O–H groups in total. The normalized spacial score (nSPS) is 9.88. The summed E-state index contributed by atoms with van der Waals surface area (Å²) in [4.78, 5) is 23.3. The molecule has 92 valence electrons. The van der Waals surface area contributed by atoms with Gasteiger partial charge in [0.15, 0.2) is 0 Å². The highest BCUT2D eigenvalue weighted by atomic mass is 79.9. The van der Waals surface area contributed by atoms with Crippen molar-refractivity contribution < 1.29 is 19.1 Å². The predicted octanol–water partition coefficient (Wildman–Crippen LogP) is 2.51. The standard InChI is InChI=1S/C12H13BrO4/c1-4-17-12(15)11(14)10-7(2)5-8(13)6-9(10)16-3/h5-6H,4H2,1-3H3. The molecule has 17 heavy (non-hydrogen) atoms. The first-order valence-electron chi connectivity index (χ1n) is 5.06. The molecule has 0 heterocycles. The quantitative estimate of drug-likeness (QED) is 0.487. The Morgan fingerprint density at radius 2 is 2.00 bits per heavy atom. The van der Waals surface area contributed by atoms with E-state index in [1.807, 2.05) is 0 Å². The van der Waals surface area contributed by atoms with E-state index >= 15 is 0 Å². The van der Waals surface area contributed by atoms with Gasteiger partial charge in [-0.2, -0.15) is 0 Å². The second-order valence-electron chi connectivity index (χ2n) is 3.35. The molecule has 0 aliphatic rings. The average molecular weight is 301 g/mol. The van der Waals surface area contributed by atoms with Crippen LogP contribution in [0.15, 0.2) is 16.6 Å². The Labute approximate surface area is 108 Å². The number of aryl methyl sites for hydroxylation is 1. The molecule has 0 amide bonds. The van der Waals surface area contributed by atoms with Crippen LogP contribution in [0.25, 0.3) is 0 Å². The van der Waals surface area contributed by atoms with Crippen LogP contribution in [0.5, 0.6) is 5.75 Å². The Kier molecular flexibility index (Phi) is 4.69. The summed E-state index contributed by atoms with van der Waals surface area (Å²) in [5.74, 6) is -1.19. The Balaban J connectivity index is 3.21. The minimum atomic E-state index is -0.865. The smallest absolute Gasteiger partial charge is 0.379 e. The molecule has 0 spiro atoms. The average Bonchev–Trinajstić information content (AvgIpc) is 2.27. The van der Waals surface area contributed by atoms with Crippen LogP contribution in [-0.2, 0) is 9.53 Å². The van der Waals surface area contributed by atoms with Crippen LogP contribution in [0.4, 0.5) is 0 Å². The Hall–Kier alpha value is -1.36. The Bertz CT molecular complexity index is 454. The summed E-state index contributed by atoms with van der Waals surface area (Å²) in [6.45, 7) is 3.55. The Morgan fingerprint density at radius 3 is 2.53 bits per heavy atom. The van der Waals surface area contributed by atoms with E-state index in [0.29, 0.717) is 11.3 Å². The van der Waals surface area contributed by atoms with Crippen molar-refractivity contribution in [2.45, 2.75) is 13.8 Å². The summed E-state index contributed by atoms with van der Waals surface area (Å²) in [7, 11) is 1.45. The highest BCUT2D eigenvalue weighted by Crippen LogP contribution is 2.27. The lowest BCUT2D eigenvalue weighted by atomic mass is 10.0. The van der Waals surface area contributed by atoms with Crippen molar-refractivity contribution in [2.75, 3.05) is 13.7 Å². The van der Waals surface area contributed by atoms with Crippen molar-refractivity contribution in [3.63, 3.8) is 0 Å². The van der Waals surface area contributed by atoms with Gasteiger partial charge in [0.25, 0.3) is 5.78 Å². The first kappa shape index (κ1) is 13.7. The predicted molar refractivity (Wildman–Crippen MR) is 66.4 cm³/mol. The van der Waals surface area contributed by atoms with Crippen LogP contribution in [0.3, 0.4) is 0 Å². The number of esters is 1. The van der Waals surface area contributed by atoms with E-state index in [1.54, 1.807) is 26.0 Å². The van der Waals surface area contributed by atoms with E-state index in [-0.39, 0.29) is 12.2 Å². The molecule has 5 heteroatoms. The van der Waals surface area contributed by atoms with Crippen molar-refractivity contribution >= 4 is 27.7 Å². The van der Waals surface area contributed by atoms with Gasteiger partial charge in [0.2, 0.25) is 0 Å². The fourth-order valence-electron chi connectivity index (χ4n) is 1.46. The summed E-state index contributed by atoms with van der Waals surface area (Å²) >= 11 is 3.30. The van der Waals surface area contributed by atoms with E-state index in [1.165, 1.54) is 7.11 Å². The molecule has 0 saturated heterocycles. The summed E-state index contributed by atoms with van der Waals surface area (Å²) in [5.41, 5.74) is 0.906. The van der Waals surface area contributed by atoms with Crippen molar-refractivity contribution in [3.05, 3.63) is 27.7 Å². The van der Waals surface area contributed by atoms with Gasteiger partial charge in [-0.3, -0.25) is 4.79 Å². The number of ketones is 1. The molecular weight excluding hydrogens is 288 g/mol. The molecule has 1 aromatic carbocycles. The summed E-state index contributed by atoms with van der Waals surface area (Å²) in [5, 5.41) is 0. The molecule has 0 radical (unpaired) electrons. The van der Waals surface area contributed by atoms with Gasteiger partial charge in [0, 0.05) is 4.47 Å².